The molecule has 0 unspecified atom stereocenters. The zero-order chi connectivity index (χ0) is 38.1. The predicted molar refractivity (Wildman–Crippen MR) is 210 cm³/mol. The van der Waals surface area contributed by atoms with Gasteiger partial charge in [0.05, 0.1) is 5.56 Å². The van der Waals surface area contributed by atoms with Crippen LogP contribution in [-0.2, 0) is 33.0 Å². The fourth-order valence-corrected chi connectivity index (χ4v) is 7.51. The van der Waals surface area contributed by atoms with Gasteiger partial charge < -0.3 is 34.0 Å². The number of likely N-dealkylation sites (N-methyl/N-ethyl adjacent to an activating group) is 1. The van der Waals surface area contributed by atoms with Crippen molar-refractivity contribution in [2.75, 3.05) is 38.6 Å². The molecule has 10 nitrogen and oxygen atoms in total. The summed E-state index contributed by atoms with van der Waals surface area (Å²) in [7, 11) is 5.86. The number of carbonyl (C=O) groups excluding carboxylic acids is 3. The molecule has 0 saturated carbocycles. The highest BCUT2D eigenvalue weighted by atomic mass is 16.6. The summed E-state index contributed by atoms with van der Waals surface area (Å²) in [6, 6.07) is 29.9. The van der Waals surface area contributed by atoms with Gasteiger partial charge in [-0.1, -0.05) is 42.5 Å². The first kappa shape index (κ1) is 36.5. The number of benzene rings is 4. The largest absolute Gasteiger partial charge is 0.508 e. The lowest BCUT2D eigenvalue weighted by atomic mass is 9.90. The third-order valence-corrected chi connectivity index (χ3v) is 10.8. The van der Waals surface area contributed by atoms with Gasteiger partial charge in [-0.05, 0) is 118 Å². The SMILES string of the molecule is Cc1c(C(=O)N(CCN(C)C)c2ccc(O)cc2)cc(-c2cc3c(cc2C(=O)N2Cc4ccccc4C[C@H]2C)CN(C(=O)Oc2ccccc2)CC3)n1C. The number of ether oxygens (including phenoxy) is 1. The van der Waals surface area contributed by atoms with E-state index < -0.39 is 6.09 Å². The molecule has 54 heavy (non-hydrogen) atoms. The van der Waals surface area contributed by atoms with Gasteiger partial charge in [-0.2, -0.15) is 0 Å². The van der Waals surface area contributed by atoms with Gasteiger partial charge in [-0.15, -0.1) is 0 Å². The number of aromatic hydroxyl groups is 1. The first-order valence-corrected chi connectivity index (χ1v) is 18.5. The summed E-state index contributed by atoms with van der Waals surface area (Å²) >= 11 is 0. The third kappa shape index (κ3) is 7.34. The molecule has 0 spiro atoms. The highest BCUT2D eigenvalue weighted by molar-refractivity contribution is 6.08. The number of rotatable bonds is 8. The summed E-state index contributed by atoms with van der Waals surface area (Å²) in [4.78, 5) is 50.0. The Bertz CT molecular complexity index is 2190. The number of nitrogens with zero attached hydrogens (tertiary/aromatic N) is 5. The molecule has 1 N–H and O–H groups in total. The van der Waals surface area contributed by atoms with Crippen LogP contribution < -0.4 is 9.64 Å². The number of fused-ring (bicyclic) bond motifs is 2. The zero-order valence-corrected chi connectivity index (χ0v) is 31.6. The van der Waals surface area contributed by atoms with E-state index in [4.69, 9.17) is 4.74 Å². The fourth-order valence-electron chi connectivity index (χ4n) is 7.51. The van der Waals surface area contributed by atoms with Crippen LogP contribution in [0.15, 0.2) is 97.1 Å². The van der Waals surface area contributed by atoms with E-state index in [9.17, 15) is 19.5 Å². The Morgan fingerprint density at radius 3 is 2.24 bits per heavy atom. The minimum atomic E-state index is -0.432. The van der Waals surface area contributed by atoms with E-state index >= 15 is 0 Å². The molecule has 0 fully saturated rings. The average Bonchev–Trinajstić information content (AvgIpc) is 3.47. The minimum Gasteiger partial charge on any atom is -0.508 e. The van der Waals surface area contributed by atoms with Crippen LogP contribution in [-0.4, -0.2) is 82.1 Å². The molecule has 0 saturated heterocycles. The number of carbonyl (C=O) groups is 3. The normalized spacial score (nSPS) is 15.1. The van der Waals surface area contributed by atoms with Crippen molar-refractivity contribution in [1.82, 2.24) is 19.3 Å². The van der Waals surface area contributed by atoms with Crippen LogP contribution in [0.2, 0.25) is 0 Å². The molecule has 7 rings (SSSR count). The van der Waals surface area contributed by atoms with Crippen LogP contribution in [0, 0.1) is 6.92 Å². The van der Waals surface area contributed by atoms with Gasteiger partial charge in [0.25, 0.3) is 11.8 Å². The average molecular weight is 726 g/mol. The first-order chi connectivity index (χ1) is 26.0. The number of amides is 3. The van der Waals surface area contributed by atoms with Gasteiger partial charge in [-0.25, -0.2) is 4.79 Å². The van der Waals surface area contributed by atoms with Gasteiger partial charge in [0.2, 0.25) is 0 Å². The predicted octanol–water partition coefficient (Wildman–Crippen LogP) is 7.06. The van der Waals surface area contributed by atoms with E-state index in [1.165, 1.54) is 5.56 Å². The number of phenolic OH excluding ortho intramolecular Hbond substituents is 1. The lowest BCUT2D eigenvalue weighted by Crippen LogP contribution is -2.43. The zero-order valence-electron chi connectivity index (χ0n) is 31.6. The molecule has 0 radical (unpaired) electrons. The van der Waals surface area contributed by atoms with Crippen molar-refractivity contribution < 1.29 is 24.2 Å². The van der Waals surface area contributed by atoms with Gasteiger partial charge >= 0.3 is 6.09 Å². The molecular weight excluding hydrogens is 679 g/mol. The maximum atomic E-state index is 14.9. The lowest BCUT2D eigenvalue weighted by molar-refractivity contribution is 0.0658. The highest BCUT2D eigenvalue weighted by Crippen LogP contribution is 2.36. The van der Waals surface area contributed by atoms with Crippen LogP contribution in [0.25, 0.3) is 11.3 Å². The van der Waals surface area contributed by atoms with Crippen LogP contribution in [0.4, 0.5) is 10.5 Å². The number of anilines is 1. The van der Waals surface area contributed by atoms with E-state index in [2.05, 4.69) is 25.1 Å². The molecule has 10 heteroatoms. The summed E-state index contributed by atoms with van der Waals surface area (Å²) in [5, 5.41) is 9.97. The quantitative estimate of drug-likeness (QED) is 0.184. The van der Waals surface area contributed by atoms with Crippen molar-refractivity contribution in [1.29, 1.82) is 0 Å². The Morgan fingerprint density at radius 2 is 1.52 bits per heavy atom. The van der Waals surface area contributed by atoms with Crippen molar-refractivity contribution in [3.63, 3.8) is 0 Å². The molecular formula is C44H47N5O5. The van der Waals surface area contributed by atoms with E-state index in [1.807, 2.05) is 84.9 Å². The maximum Gasteiger partial charge on any atom is 0.415 e. The van der Waals surface area contributed by atoms with Gasteiger partial charge in [-0.3, -0.25) is 9.59 Å². The fraction of sp³-hybridized carbons (Fsp3) is 0.295. The summed E-state index contributed by atoms with van der Waals surface area (Å²) < 4.78 is 7.68. The molecule has 2 aliphatic rings. The minimum absolute atomic E-state index is 0.0310. The van der Waals surface area contributed by atoms with E-state index in [0.717, 1.165) is 40.1 Å². The standard InChI is InChI=1S/C44H47N5O5/c1-29-23-31-11-9-10-12-33(31)28-49(29)43(52)40-25-34-27-47(44(53)54-37-13-7-6-8-14-37)20-19-32(34)24-39(40)41-26-38(30(2)46(41)5)42(51)48(22-21-45(3)4)35-15-17-36(50)18-16-35/h6-18,24-26,29,50H,19-23,27-28H2,1-5H3/t29-/m1/s1. The number of phenols is 1. The van der Waals surface area contributed by atoms with Crippen LogP contribution in [0.3, 0.4) is 0 Å². The van der Waals surface area contributed by atoms with Gasteiger partial charge in [0.1, 0.15) is 11.5 Å². The molecule has 2 aliphatic heterocycles. The molecule has 5 aromatic rings. The highest BCUT2D eigenvalue weighted by Gasteiger charge is 2.33. The molecule has 0 bridgehead atoms. The van der Waals surface area contributed by atoms with E-state index in [1.54, 1.807) is 46.2 Å². The Morgan fingerprint density at radius 1 is 0.815 bits per heavy atom. The molecule has 3 amide bonds. The second-order valence-electron chi connectivity index (χ2n) is 14.6. The molecule has 0 aliphatic carbocycles. The van der Waals surface area contributed by atoms with Gasteiger partial charge in [0, 0.05) is 74.0 Å². The van der Waals surface area contributed by atoms with Crippen molar-refractivity contribution >= 4 is 23.6 Å². The molecule has 278 valence electrons. The molecule has 4 aromatic carbocycles. The molecule has 3 heterocycles. The Balaban J connectivity index is 1.28. The summed E-state index contributed by atoms with van der Waals surface area (Å²) in [5.41, 5.74) is 8.35. The Labute approximate surface area is 316 Å². The van der Waals surface area contributed by atoms with E-state index in [-0.39, 0.29) is 23.6 Å². The second kappa shape index (κ2) is 15.2. The Hall–Kier alpha value is -5.87. The van der Waals surface area contributed by atoms with Crippen LogP contribution in [0.1, 0.15) is 55.6 Å². The van der Waals surface area contributed by atoms with E-state index in [0.29, 0.717) is 61.7 Å². The summed E-state index contributed by atoms with van der Waals surface area (Å²) in [5.74, 6) is 0.349. The van der Waals surface area contributed by atoms with Gasteiger partial charge in [0.15, 0.2) is 0 Å². The van der Waals surface area contributed by atoms with Crippen molar-refractivity contribution in [2.24, 2.45) is 7.05 Å². The molecule has 1 aromatic heterocycles. The lowest BCUT2D eigenvalue weighted by Gasteiger charge is -2.36. The number of aromatic nitrogens is 1. The van der Waals surface area contributed by atoms with Crippen LogP contribution >= 0.6 is 0 Å². The second-order valence-corrected chi connectivity index (χ2v) is 14.6. The van der Waals surface area contributed by atoms with Crippen molar-refractivity contribution in [3.05, 3.63) is 136 Å². The monoisotopic (exact) mass is 725 g/mol. The Kier molecular flexibility index (Phi) is 10.3. The smallest absolute Gasteiger partial charge is 0.415 e. The summed E-state index contributed by atoms with van der Waals surface area (Å²) in [6.45, 7) is 6.37. The third-order valence-electron chi connectivity index (χ3n) is 10.8. The number of hydrogen-bond donors (Lipinski definition) is 1. The van der Waals surface area contributed by atoms with Crippen LogP contribution in [0.5, 0.6) is 11.5 Å². The first-order valence-electron chi connectivity index (χ1n) is 18.5. The summed E-state index contributed by atoms with van der Waals surface area (Å²) in [6.07, 6.45) is 0.907. The number of hydrogen-bond acceptors (Lipinski definition) is 6. The van der Waals surface area contributed by atoms with Crippen molar-refractivity contribution in [3.8, 4) is 22.8 Å². The number of para-hydroxylation sites is 1. The topological polar surface area (TPSA) is 98.6 Å². The maximum absolute atomic E-state index is 14.9. The molecule has 1 atom stereocenters. The van der Waals surface area contributed by atoms with Crippen molar-refractivity contribution in [2.45, 2.75) is 45.8 Å².